The van der Waals surface area contributed by atoms with Crippen LogP contribution in [0, 0.1) is 27.7 Å². The van der Waals surface area contributed by atoms with Gasteiger partial charge in [-0.15, -0.1) is 4.31 Å². The van der Waals surface area contributed by atoms with Crippen molar-refractivity contribution in [1.82, 2.24) is 4.31 Å². The first kappa shape index (κ1) is 31.0. The van der Waals surface area contributed by atoms with Gasteiger partial charge in [0.05, 0.1) is 18.0 Å². The first-order chi connectivity index (χ1) is 19.5. The van der Waals surface area contributed by atoms with Crippen LogP contribution in [0.4, 0.5) is 0 Å². The second-order valence-corrected chi connectivity index (χ2v) is 13.7. The Bertz CT molecular complexity index is 1560. The number of fused-ring (bicyclic) bond motifs is 1. The molecule has 0 saturated heterocycles. The summed E-state index contributed by atoms with van der Waals surface area (Å²) in [7, 11) is -3.83. The van der Waals surface area contributed by atoms with Gasteiger partial charge in [0.25, 0.3) is 0 Å². The molecular formula is C36H47N2O2S+. The Balaban J connectivity index is 1.90. The third kappa shape index (κ3) is 6.91. The number of rotatable bonds is 12. The summed E-state index contributed by atoms with van der Waals surface area (Å²) >= 11 is 0. The van der Waals surface area contributed by atoms with E-state index in [-0.39, 0.29) is 6.17 Å². The molecule has 4 rings (SSSR count). The minimum absolute atomic E-state index is 0.215. The van der Waals surface area contributed by atoms with Crippen molar-refractivity contribution in [2.45, 2.75) is 85.5 Å². The normalized spacial score (nSPS) is 13.2. The van der Waals surface area contributed by atoms with Crippen LogP contribution in [0.25, 0.3) is 10.8 Å². The Morgan fingerprint density at radius 2 is 1.22 bits per heavy atom. The molecule has 0 aliphatic rings. The van der Waals surface area contributed by atoms with E-state index < -0.39 is 10.0 Å². The molecule has 1 unspecified atom stereocenters. The SMILES string of the molecule is CCCC(N(Cc1cc(C)cc(C)c1)S(=O)(=O)c1ccc2ccccc2c1)[N+](CC)(CC)Cc1cc(C)cc(C)c1. The number of aryl methyl sites for hydroxylation is 4. The van der Waals surface area contributed by atoms with Crippen molar-refractivity contribution in [3.8, 4) is 0 Å². The molecule has 5 heteroatoms. The summed E-state index contributed by atoms with van der Waals surface area (Å²) in [5.41, 5.74) is 7.09. The van der Waals surface area contributed by atoms with Crippen LogP contribution in [0.3, 0.4) is 0 Å². The van der Waals surface area contributed by atoms with Crippen molar-refractivity contribution in [2.75, 3.05) is 13.1 Å². The molecule has 0 saturated carbocycles. The summed E-state index contributed by atoms with van der Waals surface area (Å²) in [4.78, 5) is 0.360. The summed E-state index contributed by atoms with van der Waals surface area (Å²) in [5, 5.41) is 1.98. The first-order valence-corrected chi connectivity index (χ1v) is 16.5. The molecule has 0 heterocycles. The second-order valence-electron chi connectivity index (χ2n) is 11.8. The minimum atomic E-state index is -3.83. The maximum absolute atomic E-state index is 14.8. The fraction of sp³-hybridized carbons (Fsp3) is 0.389. The summed E-state index contributed by atoms with van der Waals surface area (Å²) in [6.45, 7) is 17.9. The van der Waals surface area contributed by atoms with Crippen molar-refractivity contribution < 1.29 is 12.9 Å². The zero-order chi connectivity index (χ0) is 29.8. The molecule has 4 aromatic rings. The Labute approximate surface area is 248 Å². The van der Waals surface area contributed by atoms with Crippen molar-refractivity contribution in [3.05, 3.63) is 112 Å². The van der Waals surface area contributed by atoms with Gasteiger partial charge in [-0.25, -0.2) is 8.42 Å². The highest BCUT2D eigenvalue weighted by Crippen LogP contribution is 2.33. The Morgan fingerprint density at radius 3 is 1.76 bits per heavy atom. The Kier molecular flexibility index (Phi) is 9.73. The van der Waals surface area contributed by atoms with E-state index in [4.69, 9.17) is 0 Å². The zero-order valence-electron chi connectivity index (χ0n) is 25.9. The van der Waals surface area contributed by atoms with E-state index in [0.29, 0.717) is 15.9 Å². The lowest BCUT2D eigenvalue weighted by atomic mass is 10.0. The lowest BCUT2D eigenvalue weighted by molar-refractivity contribution is -0.969. The molecule has 0 bridgehead atoms. The van der Waals surface area contributed by atoms with E-state index in [2.05, 4.69) is 84.9 Å². The topological polar surface area (TPSA) is 37.4 Å². The molecule has 0 amide bonds. The third-order valence-electron chi connectivity index (χ3n) is 8.50. The molecule has 4 aromatic carbocycles. The summed E-state index contributed by atoms with van der Waals surface area (Å²) in [6.07, 6.45) is 1.46. The summed E-state index contributed by atoms with van der Waals surface area (Å²) < 4.78 is 32.2. The Hall–Kier alpha value is -2.99. The predicted molar refractivity (Wildman–Crippen MR) is 172 cm³/mol. The lowest BCUT2D eigenvalue weighted by Gasteiger charge is -2.48. The second kappa shape index (κ2) is 12.9. The van der Waals surface area contributed by atoms with Gasteiger partial charge in [0, 0.05) is 18.5 Å². The van der Waals surface area contributed by atoms with Gasteiger partial charge in [-0.05, 0) is 76.4 Å². The average molecular weight is 572 g/mol. The number of hydrogen-bond donors (Lipinski definition) is 0. The average Bonchev–Trinajstić information content (AvgIpc) is 2.92. The quantitative estimate of drug-likeness (QED) is 0.126. The molecule has 0 aliphatic carbocycles. The summed E-state index contributed by atoms with van der Waals surface area (Å²) in [6, 6.07) is 26.7. The van der Waals surface area contributed by atoms with Gasteiger partial charge < -0.3 is 4.48 Å². The molecule has 1 atom stereocenters. The highest BCUT2D eigenvalue weighted by Gasteiger charge is 2.44. The van der Waals surface area contributed by atoms with E-state index >= 15 is 0 Å². The number of benzene rings is 4. The molecule has 0 spiro atoms. The van der Waals surface area contributed by atoms with Crippen LogP contribution in [0.1, 0.15) is 67.0 Å². The third-order valence-corrected chi connectivity index (χ3v) is 10.3. The predicted octanol–water partition coefficient (Wildman–Crippen LogP) is 8.45. The molecule has 0 fully saturated rings. The van der Waals surface area contributed by atoms with Gasteiger partial charge >= 0.3 is 0 Å². The van der Waals surface area contributed by atoms with Crippen LogP contribution in [-0.4, -0.2) is 36.5 Å². The molecule has 0 aliphatic heterocycles. The van der Waals surface area contributed by atoms with Crippen molar-refractivity contribution >= 4 is 20.8 Å². The standard InChI is InChI=1S/C36H47N2O2S/c1-8-13-36(38(9-2,10-3)26-32-22-29(6)19-30(7)23-32)37(25-31-20-27(4)18-28(5)21-31)41(39,40)35-17-16-33-14-11-12-15-34(33)24-35/h11-12,14-24,36H,8-10,13,25-26H2,1-7H3/q+1. The van der Waals surface area contributed by atoms with Crippen LogP contribution in [0.15, 0.2) is 83.8 Å². The fourth-order valence-electron chi connectivity index (χ4n) is 6.60. The van der Waals surface area contributed by atoms with Crippen LogP contribution in [0.2, 0.25) is 0 Å². The lowest BCUT2D eigenvalue weighted by Crippen LogP contribution is -2.62. The molecule has 0 aromatic heterocycles. The van der Waals surface area contributed by atoms with Crippen molar-refractivity contribution in [2.24, 2.45) is 0 Å². The molecule has 0 N–H and O–H groups in total. The maximum atomic E-state index is 14.8. The van der Waals surface area contributed by atoms with E-state index in [1.807, 2.05) is 40.7 Å². The molecule has 4 nitrogen and oxygen atoms in total. The summed E-state index contributed by atoms with van der Waals surface area (Å²) in [5.74, 6) is 0. The smallest absolute Gasteiger partial charge is 0.248 e. The number of hydrogen-bond acceptors (Lipinski definition) is 2. The van der Waals surface area contributed by atoms with Gasteiger partial charge in [0.15, 0.2) is 6.17 Å². The number of quaternary nitrogens is 1. The molecule has 41 heavy (non-hydrogen) atoms. The number of nitrogens with zero attached hydrogens (tertiary/aromatic N) is 2. The maximum Gasteiger partial charge on any atom is 0.248 e. The zero-order valence-corrected chi connectivity index (χ0v) is 26.8. The fourth-order valence-corrected chi connectivity index (χ4v) is 8.33. The van der Waals surface area contributed by atoms with Crippen molar-refractivity contribution in [3.63, 3.8) is 0 Å². The molecule has 218 valence electrons. The van der Waals surface area contributed by atoms with Crippen LogP contribution >= 0.6 is 0 Å². The monoisotopic (exact) mass is 571 g/mol. The van der Waals surface area contributed by atoms with E-state index in [0.717, 1.165) is 59.9 Å². The van der Waals surface area contributed by atoms with Gasteiger partial charge in [0.2, 0.25) is 10.0 Å². The molecule has 0 radical (unpaired) electrons. The van der Waals surface area contributed by atoms with Gasteiger partial charge in [-0.2, -0.15) is 0 Å². The highest BCUT2D eigenvalue weighted by atomic mass is 32.2. The van der Waals surface area contributed by atoms with Crippen LogP contribution in [0.5, 0.6) is 0 Å². The van der Waals surface area contributed by atoms with E-state index in [1.54, 1.807) is 6.07 Å². The number of sulfonamides is 1. The highest BCUT2D eigenvalue weighted by molar-refractivity contribution is 7.89. The van der Waals surface area contributed by atoms with Gasteiger partial charge in [0.1, 0.15) is 6.54 Å². The van der Waals surface area contributed by atoms with Gasteiger partial charge in [-0.3, -0.25) is 0 Å². The van der Waals surface area contributed by atoms with E-state index in [9.17, 15) is 8.42 Å². The molecular weight excluding hydrogens is 524 g/mol. The van der Waals surface area contributed by atoms with Crippen LogP contribution < -0.4 is 0 Å². The Morgan fingerprint density at radius 1 is 0.683 bits per heavy atom. The van der Waals surface area contributed by atoms with E-state index in [1.165, 1.54) is 16.7 Å². The van der Waals surface area contributed by atoms with Crippen molar-refractivity contribution in [1.29, 1.82) is 0 Å². The largest absolute Gasteiger partial charge is 0.305 e. The first-order valence-electron chi connectivity index (χ1n) is 15.0. The van der Waals surface area contributed by atoms with Gasteiger partial charge in [-0.1, -0.05) is 95.9 Å². The van der Waals surface area contributed by atoms with Crippen LogP contribution in [-0.2, 0) is 23.1 Å². The minimum Gasteiger partial charge on any atom is -0.305 e.